The highest BCUT2D eigenvalue weighted by molar-refractivity contribution is 8.00. The van der Waals surface area contributed by atoms with Gasteiger partial charge in [0.2, 0.25) is 11.4 Å². The van der Waals surface area contributed by atoms with Crippen LogP contribution in [0, 0.1) is 0 Å². The fourth-order valence-electron chi connectivity index (χ4n) is 4.64. The number of carbonyl (C=O) groups excluding carboxylic acids is 5. The molecule has 2 amide bonds. The fourth-order valence-corrected chi connectivity index (χ4v) is 6.27. The highest BCUT2D eigenvalue weighted by Crippen LogP contribution is 2.35. The molecule has 0 aliphatic carbocycles. The number of methoxy groups -OCH3 is 1. The quantitative estimate of drug-likeness (QED) is 0.143. The van der Waals surface area contributed by atoms with E-state index in [0.717, 1.165) is 22.2 Å². The minimum atomic E-state index is -1.48. The topological polar surface area (TPSA) is 138 Å². The Morgan fingerprint density at radius 3 is 2.44 bits per heavy atom. The number of nitrogens with zero attached hydrogens (tertiary/aromatic N) is 1. The number of carbonyl (C=O) groups is 5. The molecule has 2 fully saturated rings. The predicted octanol–water partition coefficient (Wildman–Crippen LogP) is 2.61. The lowest BCUT2D eigenvalue weighted by Gasteiger charge is -2.47. The molecule has 2 aromatic carbocycles. The van der Waals surface area contributed by atoms with Crippen LogP contribution in [-0.4, -0.2) is 83.0 Å². The Morgan fingerprint density at radius 2 is 1.77 bits per heavy atom. The smallest absolute Gasteiger partial charge is 0.345 e. The maximum absolute atomic E-state index is 13.2. The first kappa shape index (κ1) is 32.3. The highest BCUT2D eigenvalue weighted by Gasteiger charge is 2.53. The zero-order chi connectivity index (χ0) is 30.9. The number of thioether (sulfide) groups is 1. The highest BCUT2D eigenvalue weighted by atomic mass is 35.5. The Hall–Kier alpha value is -3.61. The number of alkyl halides is 1. The van der Waals surface area contributed by atoms with Crippen LogP contribution in [0.15, 0.2) is 54.6 Å². The predicted molar refractivity (Wildman–Crippen MR) is 157 cm³/mol. The van der Waals surface area contributed by atoms with Crippen LogP contribution in [0.2, 0.25) is 0 Å². The number of rotatable bonds is 14. The van der Waals surface area contributed by atoms with E-state index in [2.05, 4.69) is 5.32 Å². The Labute approximate surface area is 258 Å². The van der Waals surface area contributed by atoms with E-state index >= 15 is 0 Å². The second-order valence-electron chi connectivity index (χ2n) is 10.0. The fraction of sp³-hybridized carbons (Fsp3) is 0.433. The van der Waals surface area contributed by atoms with Gasteiger partial charge < -0.3 is 24.3 Å². The summed E-state index contributed by atoms with van der Waals surface area (Å²) in [6.45, 7) is 1.29. The molecule has 2 aromatic rings. The van der Waals surface area contributed by atoms with Crippen molar-refractivity contribution in [3.63, 3.8) is 0 Å². The Kier molecular flexibility index (Phi) is 11.4. The molecular formula is C30H33ClN2O9S. The number of esters is 2. The standard InChI is InChI=1S/C30H33ClN2O9S/c1-18(34)40-16-22-12-13-24(42-22)23(35)17-43-29-26(32-25(36)14-19-6-4-3-5-7-19)28(37)33(29)27(31)30(38)41-15-20-8-10-21(39-2)11-9-20/h3-11,22,24,26-27,29H,12-17H2,1-2H3,(H,32,36)/t22?,24?,26-,27?,29-/m1/s1. The Bertz CT molecular complexity index is 1310. The molecule has 0 bridgehead atoms. The first-order chi connectivity index (χ1) is 20.7. The van der Waals surface area contributed by atoms with E-state index in [0.29, 0.717) is 24.2 Å². The van der Waals surface area contributed by atoms with Crippen molar-refractivity contribution in [2.75, 3.05) is 19.5 Å². The molecule has 2 heterocycles. The summed E-state index contributed by atoms with van der Waals surface area (Å²) in [5.74, 6) is -1.86. The zero-order valence-electron chi connectivity index (χ0n) is 23.7. The number of ether oxygens (including phenoxy) is 4. The molecule has 0 saturated carbocycles. The SMILES string of the molecule is COc1ccc(COC(=O)C(Cl)N2C(=O)[C@@H](NC(=O)Cc3ccccc3)[C@H]2SCC(=O)C2CCC(COC(C)=O)O2)cc1. The first-order valence-electron chi connectivity index (χ1n) is 13.7. The molecule has 11 nitrogen and oxygen atoms in total. The number of ketones is 1. The Balaban J connectivity index is 1.38. The molecule has 0 aromatic heterocycles. The van der Waals surface area contributed by atoms with Crippen LogP contribution in [-0.2, 0) is 51.2 Å². The summed E-state index contributed by atoms with van der Waals surface area (Å²) in [6.07, 6.45) is 0.0113. The molecule has 43 heavy (non-hydrogen) atoms. The number of nitrogens with one attached hydrogen (secondary N) is 1. The van der Waals surface area contributed by atoms with Gasteiger partial charge in [-0.1, -0.05) is 54.1 Å². The molecule has 1 N–H and O–H groups in total. The van der Waals surface area contributed by atoms with Crippen molar-refractivity contribution in [3.05, 3.63) is 65.7 Å². The molecule has 2 saturated heterocycles. The summed E-state index contributed by atoms with van der Waals surface area (Å²) in [4.78, 5) is 63.9. The second kappa shape index (κ2) is 15.2. The third-order valence-corrected chi connectivity index (χ3v) is 8.60. The van der Waals surface area contributed by atoms with Crippen molar-refractivity contribution in [3.8, 4) is 5.75 Å². The van der Waals surface area contributed by atoms with Crippen LogP contribution in [0.1, 0.15) is 30.9 Å². The summed E-state index contributed by atoms with van der Waals surface area (Å²) < 4.78 is 21.2. The van der Waals surface area contributed by atoms with Gasteiger partial charge in [0.05, 0.1) is 25.4 Å². The van der Waals surface area contributed by atoms with Gasteiger partial charge in [0.25, 0.3) is 5.91 Å². The van der Waals surface area contributed by atoms with E-state index in [4.69, 9.17) is 30.5 Å². The minimum absolute atomic E-state index is 0.0504. The molecule has 4 rings (SSSR count). The van der Waals surface area contributed by atoms with Crippen molar-refractivity contribution in [2.45, 2.75) is 61.9 Å². The van der Waals surface area contributed by atoms with E-state index in [1.807, 2.05) is 6.07 Å². The largest absolute Gasteiger partial charge is 0.497 e. The van der Waals surface area contributed by atoms with E-state index in [-0.39, 0.29) is 43.2 Å². The molecule has 2 aliphatic heterocycles. The van der Waals surface area contributed by atoms with Crippen molar-refractivity contribution < 1.29 is 42.9 Å². The van der Waals surface area contributed by atoms with Crippen LogP contribution in [0.25, 0.3) is 0 Å². The third kappa shape index (κ3) is 8.71. The van der Waals surface area contributed by atoms with Gasteiger partial charge in [-0.05, 0) is 36.1 Å². The van der Waals surface area contributed by atoms with Gasteiger partial charge in [-0.15, -0.1) is 11.8 Å². The summed E-state index contributed by atoms with van der Waals surface area (Å²) in [6, 6.07) is 14.9. The van der Waals surface area contributed by atoms with Gasteiger partial charge in [-0.2, -0.15) is 0 Å². The lowest BCUT2D eigenvalue weighted by molar-refractivity contribution is -0.161. The van der Waals surface area contributed by atoms with Crippen molar-refractivity contribution in [1.29, 1.82) is 0 Å². The van der Waals surface area contributed by atoms with Crippen molar-refractivity contribution in [1.82, 2.24) is 10.2 Å². The zero-order valence-corrected chi connectivity index (χ0v) is 25.3. The van der Waals surface area contributed by atoms with Gasteiger partial charge in [0.1, 0.15) is 36.5 Å². The molecule has 0 radical (unpaired) electrons. The van der Waals surface area contributed by atoms with Crippen LogP contribution in [0.3, 0.4) is 0 Å². The molecule has 230 valence electrons. The average molecular weight is 633 g/mol. The number of Topliss-reactive ketones (excluding diaryl/α,β-unsaturated/α-hetero) is 1. The number of benzene rings is 2. The normalized spacial score (nSPS) is 21.8. The molecular weight excluding hydrogens is 600 g/mol. The number of likely N-dealkylation sites (tertiary alicyclic amines) is 1. The van der Waals surface area contributed by atoms with Crippen molar-refractivity contribution in [2.24, 2.45) is 0 Å². The van der Waals surface area contributed by atoms with E-state index in [9.17, 15) is 24.0 Å². The summed E-state index contributed by atoms with van der Waals surface area (Å²) >= 11 is 7.50. The van der Waals surface area contributed by atoms with Gasteiger partial charge >= 0.3 is 11.9 Å². The summed E-state index contributed by atoms with van der Waals surface area (Å²) in [5.41, 5.74) is -0.0161. The number of amides is 2. The number of hydrogen-bond acceptors (Lipinski definition) is 10. The first-order valence-corrected chi connectivity index (χ1v) is 15.2. The van der Waals surface area contributed by atoms with Crippen molar-refractivity contribution >= 4 is 52.9 Å². The Morgan fingerprint density at radius 1 is 1.05 bits per heavy atom. The monoisotopic (exact) mass is 632 g/mol. The molecule has 5 atom stereocenters. The second-order valence-corrected chi connectivity index (χ2v) is 11.6. The lowest BCUT2D eigenvalue weighted by Crippen LogP contribution is -2.72. The van der Waals surface area contributed by atoms with E-state index in [1.165, 1.54) is 6.92 Å². The average Bonchev–Trinajstić information content (AvgIpc) is 3.49. The number of β-lactam (4-membered cyclic amide) rings is 1. The van der Waals surface area contributed by atoms with Crippen LogP contribution in [0.4, 0.5) is 0 Å². The molecule has 0 spiro atoms. The molecule has 3 unspecified atom stereocenters. The van der Waals surface area contributed by atoms with Gasteiger partial charge in [-0.25, -0.2) is 4.79 Å². The maximum Gasteiger partial charge on any atom is 0.345 e. The van der Waals surface area contributed by atoms with Gasteiger partial charge in [0.15, 0.2) is 5.78 Å². The van der Waals surface area contributed by atoms with E-state index < -0.39 is 40.9 Å². The van der Waals surface area contributed by atoms with E-state index in [1.54, 1.807) is 55.6 Å². The van der Waals surface area contributed by atoms with Crippen LogP contribution >= 0.6 is 23.4 Å². The van der Waals surface area contributed by atoms with Crippen LogP contribution in [0.5, 0.6) is 5.75 Å². The summed E-state index contributed by atoms with van der Waals surface area (Å²) in [7, 11) is 1.54. The van der Waals surface area contributed by atoms with Gasteiger partial charge in [0, 0.05) is 6.92 Å². The molecule has 13 heteroatoms. The lowest BCUT2D eigenvalue weighted by atomic mass is 10.1. The summed E-state index contributed by atoms with van der Waals surface area (Å²) in [5, 5.41) is 1.92. The third-order valence-electron chi connectivity index (χ3n) is 6.92. The molecule has 2 aliphatic rings. The minimum Gasteiger partial charge on any atom is -0.497 e. The number of halogens is 1. The van der Waals surface area contributed by atoms with Gasteiger partial charge in [-0.3, -0.25) is 24.1 Å². The maximum atomic E-state index is 13.2. The van der Waals surface area contributed by atoms with Crippen LogP contribution < -0.4 is 10.1 Å². The number of hydrogen-bond donors (Lipinski definition) is 1.